The summed E-state index contributed by atoms with van der Waals surface area (Å²) in [6.07, 6.45) is 2.48. The highest BCUT2D eigenvalue weighted by Gasteiger charge is 2.28. The van der Waals surface area contributed by atoms with E-state index in [4.69, 9.17) is 5.26 Å². The Balaban J connectivity index is 2.36. The number of carbonyl (C=O) groups excluding carboxylic acids is 1. The van der Waals surface area contributed by atoms with Crippen LogP contribution in [0.5, 0.6) is 0 Å². The van der Waals surface area contributed by atoms with Crippen molar-refractivity contribution >= 4 is 5.91 Å². The lowest BCUT2D eigenvalue weighted by atomic mass is 9.94. The molecule has 1 unspecified atom stereocenters. The van der Waals surface area contributed by atoms with Crippen molar-refractivity contribution in [2.75, 3.05) is 19.6 Å². The predicted molar refractivity (Wildman–Crippen MR) is 71.8 cm³/mol. The molecule has 0 saturated carbocycles. The molecule has 1 atom stereocenters. The molecule has 0 aromatic heterocycles. The van der Waals surface area contributed by atoms with Crippen molar-refractivity contribution in [2.24, 2.45) is 11.3 Å². The van der Waals surface area contributed by atoms with Crippen LogP contribution >= 0.6 is 0 Å². The fraction of sp³-hybridized carbons (Fsp3) is 0.857. The van der Waals surface area contributed by atoms with E-state index in [1.807, 2.05) is 6.07 Å². The molecule has 1 aliphatic heterocycles. The highest BCUT2D eigenvalue weighted by molar-refractivity contribution is 5.84. The van der Waals surface area contributed by atoms with E-state index in [9.17, 15) is 4.79 Å². The van der Waals surface area contributed by atoms with Crippen molar-refractivity contribution in [3.05, 3.63) is 0 Å². The minimum Gasteiger partial charge on any atom is -0.353 e. The highest BCUT2D eigenvalue weighted by atomic mass is 16.2. The molecular formula is C14H25N3O. The number of nitrogens with zero attached hydrogens (tertiary/aromatic N) is 2. The minimum absolute atomic E-state index is 0.178. The molecule has 0 aromatic rings. The molecule has 1 rings (SSSR count). The summed E-state index contributed by atoms with van der Waals surface area (Å²) in [7, 11) is 0. The van der Waals surface area contributed by atoms with Crippen LogP contribution in [-0.2, 0) is 4.79 Å². The monoisotopic (exact) mass is 251 g/mol. The number of hydrogen-bond donors (Lipinski definition) is 1. The lowest BCUT2D eigenvalue weighted by molar-refractivity contribution is -0.127. The number of piperidine rings is 1. The summed E-state index contributed by atoms with van der Waals surface area (Å²) in [5.74, 6) is 0.641. The third-order valence-electron chi connectivity index (χ3n) is 3.85. The van der Waals surface area contributed by atoms with Gasteiger partial charge in [0.2, 0.25) is 5.91 Å². The highest BCUT2D eigenvalue weighted by Crippen LogP contribution is 2.18. The van der Waals surface area contributed by atoms with E-state index in [2.05, 4.69) is 24.1 Å². The van der Waals surface area contributed by atoms with Gasteiger partial charge < -0.3 is 5.32 Å². The Kier molecular flexibility index (Phi) is 5.15. The molecule has 0 radical (unpaired) electrons. The predicted octanol–water partition coefficient (Wildman–Crippen LogP) is 1.77. The zero-order valence-electron chi connectivity index (χ0n) is 12.0. The van der Waals surface area contributed by atoms with Crippen molar-refractivity contribution in [3.8, 4) is 6.07 Å². The number of carbonyl (C=O) groups is 1. The van der Waals surface area contributed by atoms with Gasteiger partial charge in [-0.2, -0.15) is 5.26 Å². The van der Waals surface area contributed by atoms with Crippen molar-refractivity contribution in [2.45, 2.75) is 46.6 Å². The number of rotatable bonds is 4. The van der Waals surface area contributed by atoms with Crippen molar-refractivity contribution in [1.29, 1.82) is 5.26 Å². The van der Waals surface area contributed by atoms with E-state index >= 15 is 0 Å². The number of likely N-dealkylation sites (tertiary alicyclic amines) is 1. The number of nitriles is 1. The standard InChI is InChI=1S/C14H25N3O/c1-11-5-7-17(8-6-11)12(2)9-16-13(18)14(3,4)10-15/h11-12H,5-9H2,1-4H3,(H,16,18). The number of nitrogens with one attached hydrogen (secondary N) is 1. The number of hydrogen-bond acceptors (Lipinski definition) is 3. The summed E-state index contributed by atoms with van der Waals surface area (Å²) >= 11 is 0. The summed E-state index contributed by atoms with van der Waals surface area (Å²) < 4.78 is 0. The Morgan fingerprint density at radius 2 is 2.06 bits per heavy atom. The first-order chi connectivity index (χ1) is 8.36. The Morgan fingerprint density at radius 3 is 2.56 bits per heavy atom. The number of amides is 1. The Bertz CT molecular complexity index is 324. The van der Waals surface area contributed by atoms with Gasteiger partial charge in [0.1, 0.15) is 5.41 Å². The zero-order chi connectivity index (χ0) is 13.8. The van der Waals surface area contributed by atoms with Crippen LogP contribution in [0, 0.1) is 22.7 Å². The molecule has 1 fully saturated rings. The van der Waals surface area contributed by atoms with Gasteiger partial charge in [0, 0.05) is 12.6 Å². The Labute approximate surface area is 110 Å². The lowest BCUT2D eigenvalue weighted by Crippen LogP contribution is -2.47. The molecule has 1 aliphatic rings. The molecule has 0 aliphatic carbocycles. The van der Waals surface area contributed by atoms with Gasteiger partial charge >= 0.3 is 0 Å². The normalized spacial score (nSPS) is 20.2. The van der Waals surface area contributed by atoms with Gasteiger partial charge in [0.25, 0.3) is 0 Å². The first kappa shape index (κ1) is 15.0. The van der Waals surface area contributed by atoms with Crippen LogP contribution in [0.15, 0.2) is 0 Å². The van der Waals surface area contributed by atoms with Gasteiger partial charge in [-0.15, -0.1) is 0 Å². The molecule has 0 aromatic carbocycles. The fourth-order valence-corrected chi connectivity index (χ4v) is 2.11. The molecule has 1 saturated heterocycles. The van der Waals surface area contributed by atoms with Gasteiger partial charge in [0.15, 0.2) is 0 Å². The van der Waals surface area contributed by atoms with Gasteiger partial charge in [-0.05, 0) is 52.6 Å². The molecule has 0 spiro atoms. The SMILES string of the molecule is CC1CCN(C(C)CNC(=O)C(C)(C)C#N)CC1. The molecule has 102 valence electrons. The van der Waals surface area contributed by atoms with Gasteiger partial charge in [-0.25, -0.2) is 0 Å². The minimum atomic E-state index is -0.934. The van der Waals surface area contributed by atoms with Crippen molar-refractivity contribution < 1.29 is 4.79 Å². The first-order valence-electron chi connectivity index (χ1n) is 6.80. The van der Waals surface area contributed by atoms with Crippen LogP contribution in [0.3, 0.4) is 0 Å². The second-order valence-electron chi connectivity index (χ2n) is 6.01. The second kappa shape index (κ2) is 6.19. The van der Waals surface area contributed by atoms with E-state index in [1.54, 1.807) is 13.8 Å². The van der Waals surface area contributed by atoms with E-state index in [-0.39, 0.29) is 5.91 Å². The summed E-state index contributed by atoms with van der Waals surface area (Å²) in [5.41, 5.74) is -0.934. The van der Waals surface area contributed by atoms with Crippen LogP contribution in [0.2, 0.25) is 0 Å². The molecule has 1 heterocycles. The Morgan fingerprint density at radius 1 is 1.50 bits per heavy atom. The van der Waals surface area contributed by atoms with E-state index in [0.29, 0.717) is 12.6 Å². The molecule has 18 heavy (non-hydrogen) atoms. The van der Waals surface area contributed by atoms with E-state index in [0.717, 1.165) is 19.0 Å². The summed E-state index contributed by atoms with van der Waals surface area (Å²) in [5, 5.41) is 11.8. The molecular weight excluding hydrogens is 226 g/mol. The zero-order valence-corrected chi connectivity index (χ0v) is 12.0. The maximum atomic E-state index is 11.8. The average molecular weight is 251 g/mol. The summed E-state index contributed by atoms with van der Waals surface area (Å²) in [6.45, 7) is 10.6. The van der Waals surface area contributed by atoms with Gasteiger partial charge in [-0.3, -0.25) is 9.69 Å². The molecule has 0 bridgehead atoms. The van der Waals surface area contributed by atoms with Crippen LogP contribution in [0.1, 0.15) is 40.5 Å². The van der Waals surface area contributed by atoms with E-state index in [1.165, 1.54) is 12.8 Å². The second-order valence-corrected chi connectivity index (χ2v) is 6.01. The quantitative estimate of drug-likeness (QED) is 0.828. The van der Waals surface area contributed by atoms with Gasteiger partial charge in [0.05, 0.1) is 6.07 Å². The third-order valence-corrected chi connectivity index (χ3v) is 3.85. The van der Waals surface area contributed by atoms with Crippen molar-refractivity contribution in [1.82, 2.24) is 10.2 Å². The van der Waals surface area contributed by atoms with E-state index < -0.39 is 5.41 Å². The molecule has 4 nitrogen and oxygen atoms in total. The van der Waals surface area contributed by atoms with Gasteiger partial charge in [-0.1, -0.05) is 6.92 Å². The molecule has 1 N–H and O–H groups in total. The Hall–Kier alpha value is -1.08. The lowest BCUT2D eigenvalue weighted by Gasteiger charge is -2.35. The largest absolute Gasteiger partial charge is 0.353 e. The average Bonchev–Trinajstić information content (AvgIpc) is 2.36. The van der Waals surface area contributed by atoms with Crippen LogP contribution in [0.4, 0.5) is 0 Å². The fourth-order valence-electron chi connectivity index (χ4n) is 2.11. The molecule has 4 heteroatoms. The smallest absolute Gasteiger partial charge is 0.239 e. The third kappa shape index (κ3) is 3.99. The van der Waals surface area contributed by atoms with Crippen molar-refractivity contribution in [3.63, 3.8) is 0 Å². The molecule has 1 amide bonds. The van der Waals surface area contributed by atoms with Crippen LogP contribution in [-0.4, -0.2) is 36.5 Å². The first-order valence-corrected chi connectivity index (χ1v) is 6.80. The topological polar surface area (TPSA) is 56.1 Å². The maximum Gasteiger partial charge on any atom is 0.239 e. The maximum absolute atomic E-state index is 11.8. The summed E-state index contributed by atoms with van der Waals surface area (Å²) in [4.78, 5) is 14.2. The van der Waals surface area contributed by atoms with Crippen LogP contribution < -0.4 is 5.32 Å². The summed E-state index contributed by atoms with van der Waals surface area (Å²) in [6, 6.07) is 2.37. The van der Waals surface area contributed by atoms with Crippen LogP contribution in [0.25, 0.3) is 0 Å².